The van der Waals surface area contributed by atoms with Crippen molar-refractivity contribution in [1.29, 1.82) is 0 Å². The molecule has 0 heterocycles. The number of carbonyl (C=O) groups is 1. The SMILES string of the molecule is C#CCCS(=O)(=O)c1ccc(C(=O)O)cc1. The molecule has 16 heavy (non-hydrogen) atoms. The van der Waals surface area contributed by atoms with Gasteiger partial charge in [0.05, 0.1) is 16.2 Å². The molecular formula is C11H10O4S. The highest BCUT2D eigenvalue weighted by atomic mass is 32.2. The summed E-state index contributed by atoms with van der Waals surface area (Å²) in [4.78, 5) is 10.6. The molecule has 84 valence electrons. The molecule has 0 spiro atoms. The highest BCUT2D eigenvalue weighted by Crippen LogP contribution is 2.13. The Bertz CT molecular complexity index is 520. The summed E-state index contributed by atoms with van der Waals surface area (Å²) in [6.45, 7) is 0. The number of rotatable bonds is 4. The van der Waals surface area contributed by atoms with Gasteiger partial charge in [-0.1, -0.05) is 0 Å². The molecule has 0 saturated heterocycles. The maximum Gasteiger partial charge on any atom is 0.335 e. The van der Waals surface area contributed by atoms with E-state index in [1.54, 1.807) is 0 Å². The number of benzene rings is 1. The molecule has 0 amide bonds. The van der Waals surface area contributed by atoms with Crippen LogP contribution in [-0.2, 0) is 9.84 Å². The first-order valence-electron chi connectivity index (χ1n) is 4.47. The summed E-state index contributed by atoms with van der Waals surface area (Å²) < 4.78 is 23.3. The minimum atomic E-state index is -3.40. The van der Waals surface area contributed by atoms with E-state index in [1.165, 1.54) is 24.3 Å². The third kappa shape index (κ3) is 2.84. The Kier molecular flexibility index (Phi) is 3.69. The lowest BCUT2D eigenvalue weighted by Gasteiger charge is -2.02. The molecule has 0 bridgehead atoms. The normalized spacial score (nSPS) is 10.7. The van der Waals surface area contributed by atoms with E-state index < -0.39 is 15.8 Å². The second-order valence-electron chi connectivity index (χ2n) is 3.10. The van der Waals surface area contributed by atoms with E-state index in [9.17, 15) is 13.2 Å². The van der Waals surface area contributed by atoms with Crippen molar-refractivity contribution in [2.24, 2.45) is 0 Å². The molecule has 5 heteroatoms. The lowest BCUT2D eigenvalue weighted by molar-refractivity contribution is 0.0697. The Labute approximate surface area is 93.8 Å². The molecular weight excluding hydrogens is 228 g/mol. The number of hydrogen-bond donors (Lipinski definition) is 1. The Morgan fingerprint density at radius 2 is 1.88 bits per heavy atom. The van der Waals surface area contributed by atoms with E-state index in [2.05, 4.69) is 5.92 Å². The van der Waals surface area contributed by atoms with Crippen molar-refractivity contribution in [2.45, 2.75) is 11.3 Å². The summed E-state index contributed by atoms with van der Waals surface area (Å²) in [6, 6.07) is 5.06. The minimum absolute atomic E-state index is 0.0518. The van der Waals surface area contributed by atoms with Gasteiger partial charge in [0.25, 0.3) is 0 Å². The summed E-state index contributed by atoms with van der Waals surface area (Å²) in [6.07, 6.45) is 5.13. The lowest BCUT2D eigenvalue weighted by Crippen LogP contribution is -2.06. The second kappa shape index (κ2) is 4.81. The van der Waals surface area contributed by atoms with Crippen LogP contribution in [0.2, 0.25) is 0 Å². The quantitative estimate of drug-likeness (QED) is 0.799. The van der Waals surface area contributed by atoms with E-state index >= 15 is 0 Å². The number of carboxylic acid groups (broad SMARTS) is 1. The van der Waals surface area contributed by atoms with Crippen LogP contribution in [0.1, 0.15) is 16.8 Å². The third-order valence-electron chi connectivity index (χ3n) is 1.98. The van der Waals surface area contributed by atoms with Gasteiger partial charge in [-0.15, -0.1) is 12.3 Å². The smallest absolute Gasteiger partial charge is 0.335 e. The van der Waals surface area contributed by atoms with E-state index in [4.69, 9.17) is 11.5 Å². The van der Waals surface area contributed by atoms with Gasteiger partial charge in [-0.2, -0.15) is 0 Å². The van der Waals surface area contributed by atoms with Gasteiger partial charge in [0, 0.05) is 6.42 Å². The highest BCUT2D eigenvalue weighted by Gasteiger charge is 2.14. The third-order valence-corrected chi connectivity index (χ3v) is 3.71. The van der Waals surface area contributed by atoms with Crippen LogP contribution in [0.5, 0.6) is 0 Å². The predicted octanol–water partition coefficient (Wildman–Crippen LogP) is 1.18. The molecule has 0 aliphatic rings. The molecule has 0 aliphatic heterocycles. The van der Waals surface area contributed by atoms with Gasteiger partial charge < -0.3 is 5.11 Å². The fourth-order valence-electron chi connectivity index (χ4n) is 1.12. The van der Waals surface area contributed by atoms with Crippen molar-refractivity contribution in [1.82, 2.24) is 0 Å². The molecule has 0 atom stereocenters. The number of aromatic carboxylic acids is 1. The van der Waals surface area contributed by atoms with Gasteiger partial charge in [-0.25, -0.2) is 13.2 Å². The predicted molar refractivity (Wildman–Crippen MR) is 58.9 cm³/mol. The van der Waals surface area contributed by atoms with Gasteiger partial charge in [0.1, 0.15) is 0 Å². The first-order chi connectivity index (χ1) is 7.47. The summed E-state index contributed by atoms with van der Waals surface area (Å²) in [7, 11) is -3.40. The fourth-order valence-corrected chi connectivity index (χ4v) is 2.29. The zero-order valence-electron chi connectivity index (χ0n) is 8.38. The minimum Gasteiger partial charge on any atom is -0.478 e. The lowest BCUT2D eigenvalue weighted by atomic mass is 10.2. The molecule has 1 aromatic carbocycles. The van der Waals surface area contributed by atoms with Crippen LogP contribution < -0.4 is 0 Å². The van der Waals surface area contributed by atoms with Gasteiger partial charge in [-0.05, 0) is 24.3 Å². The molecule has 1 N–H and O–H groups in total. The van der Waals surface area contributed by atoms with Crippen LogP contribution in [0.15, 0.2) is 29.2 Å². The van der Waals surface area contributed by atoms with Crippen LogP contribution in [0.4, 0.5) is 0 Å². The topological polar surface area (TPSA) is 71.4 Å². The second-order valence-corrected chi connectivity index (χ2v) is 5.21. The molecule has 0 saturated carbocycles. The zero-order chi connectivity index (χ0) is 12.2. The Morgan fingerprint density at radius 3 is 2.31 bits per heavy atom. The molecule has 0 radical (unpaired) electrons. The van der Waals surface area contributed by atoms with Crippen molar-refractivity contribution in [3.05, 3.63) is 29.8 Å². The average molecular weight is 238 g/mol. The van der Waals surface area contributed by atoms with Crippen LogP contribution in [0.3, 0.4) is 0 Å². The standard InChI is InChI=1S/C11H10O4S/c1-2-3-8-16(14,15)10-6-4-9(5-7-10)11(12)13/h1,4-7H,3,8H2,(H,12,13). The first kappa shape index (κ1) is 12.3. The number of carboxylic acids is 1. The largest absolute Gasteiger partial charge is 0.478 e. The van der Waals surface area contributed by atoms with Crippen LogP contribution in [-0.4, -0.2) is 25.2 Å². The van der Waals surface area contributed by atoms with Crippen LogP contribution in [0, 0.1) is 12.3 Å². The van der Waals surface area contributed by atoms with Gasteiger partial charge in [0.15, 0.2) is 9.84 Å². The summed E-state index contributed by atoms with van der Waals surface area (Å²) >= 11 is 0. The number of terminal acetylenes is 1. The Balaban J connectivity index is 2.98. The Morgan fingerprint density at radius 1 is 1.31 bits per heavy atom. The van der Waals surface area contributed by atoms with E-state index in [-0.39, 0.29) is 22.6 Å². The Hall–Kier alpha value is -1.80. The molecule has 0 unspecified atom stereocenters. The number of hydrogen-bond acceptors (Lipinski definition) is 3. The molecule has 4 nitrogen and oxygen atoms in total. The van der Waals surface area contributed by atoms with E-state index in [1.807, 2.05) is 0 Å². The van der Waals surface area contributed by atoms with E-state index in [0.717, 1.165) is 0 Å². The summed E-state index contributed by atoms with van der Waals surface area (Å²) in [5.74, 6) is 1.03. The van der Waals surface area contributed by atoms with Gasteiger partial charge in [-0.3, -0.25) is 0 Å². The highest BCUT2D eigenvalue weighted by molar-refractivity contribution is 7.91. The molecule has 0 aromatic heterocycles. The maximum atomic E-state index is 11.6. The molecule has 0 fully saturated rings. The van der Waals surface area contributed by atoms with E-state index in [0.29, 0.717) is 0 Å². The summed E-state index contributed by atoms with van der Waals surface area (Å²) in [5, 5.41) is 8.64. The zero-order valence-corrected chi connectivity index (χ0v) is 9.20. The van der Waals surface area contributed by atoms with Crippen molar-refractivity contribution in [2.75, 3.05) is 5.75 Å². The van der Waals surface area contributed by atoms with Gasteiger partial charge >= 0.3 is 5.97 Å². The average Bonchev–Trinajstić information content (AvgIpc) is 2.26. The molecule has 1 rings (SSSR count). The van der Waals surface area contributed by atoms with Gasteiger partial charge in [0.2, 0.25) is 0 Å². The monoisotopic (exact) mass is 238 g/mol. The molecule has 0 aliphatic carbocycles. The van der Waals surface area contributed by atoms with Crippen molar-refractivity contribution in [3.8, 4) is 12.3 Å². The van der Waals surface area contributed by atoms with Crippen molar-refractivity contribution < 1.29 is 18.3 Å². The van der Waals surface area contributed by atoms with Crippen LogP contribution >= 0.6 is 0 Å². The first-order valence-corrected chi connectivity index (χ1v) is 6.12. The molecule has 1 aromatic rings. The fraction of sp³-hybridized carbons (Fsp3) is 0.182. The van der Waals surface area contributed by atoms with Crippen molar-refractivity contribution >= 4 is 15.8 Å². The maximum absolute atomic E-state index is 11.6. The summed E-state index contributed by atoms with van der Waals surface area (Å²) in [5.41, 5.74) is 0.0518. The number of sulfone groups is 1. The van der Waals surface area contributed by atoms with Crippen LogP contribution in [0.25, 0.3) is 0 Å². The van der Waals surface area contributed by atoms with Crippen molar-refractivity contribution in [3.63, 3.8) is 0 Å².